The van der Waals surface area contributed by atoms with Crippen LogP contribution >= 0.6 is 0 Å². The second kappa shape index (κ2) is 7.03. The highest BCUT2D eigenvalue weighted by Crippen LogP contribution is 2.11. The molecule has 0 saturated carbocycles. The first-order chi connectivity index (χ1) is 10.0. The van der Waals surface area contributed by atoms with Crippen LogP contribution in [0.3, 0.4) is 0 Å². The first-order valence-corrected chi connectivity index (χ1v) is 6.80. The third-order valence-corrected chi connectivity index (χ3v) is 3.31. The molecule has 0 unspecified atom stereocenters. The molecule has 0 aromatic heterocycles. The zero-order chi connectivity index (χ0) is 15.2. The second-order valence-electron chi connectivity index (χ2n) is 4.95. The number of carboxylic acid groups (broad SMARTS) is 1. The minimum absolute atomic E-state index is 0.0145. The van der Waals surface area contributed by atoms with Crippen LogP contribution in [0.1, 0.15) is 6.42 Å². The van der Waals surface area contributed by atoms with Gasteiger partial charge in [-0.15, -0.1) is 0 Å². The lowest BCUT2D eigenvalue weighted by Crippen LogP contribution is -2.38. The molecule has 2 rings (SSSR count). The van der Waals surface area contributed by atoms with Crippen LogP contribution in [0.25, 0.3) is 0 Å². The van der Waals surface area contributed by atoms with Gasteiger partial charge >= 0.3 is 12.0 Å². The number of aliphatic carboxylic acids is 1. The van der Waals surface area contributed by atoms with E-state index in [1.807, 2.05) is 0 Å². The number of amides is 2. The van der Waals surface area contributed by atoms with Gasteiger partial charge in [0.2, 0.25) is 0 Å². The largest absolute Gasteiger partial charge is 0.480 e. The summed E-state index contributed by atoms with van der Waals surface area (Å²) < 4.78 is 13.1. The molecule has 1 aliphatic heterocycles. The average Bonchev–Trinajstić information content (AvgIpc) is 2.63. The van der Waals surface area contributed by atoms with Gasteiger partial charge in [-0.05, 0) is 24.6 Å². The van der Waals surface area contributed by atoms with Crippen molar-refractivity contribution in [2.45, 2.75) is 6.42 Å². The Labute approximate surface area is 122 Å². The van der Waals surface area contributed by atoms with Gasteiger partial charge in [0.15, 0.2) is 0 Å². The van der Waals surface area contributed by atoms with E-state index in [4.69, 9.17) is 5.11 Å². The van der Waals surface area contributed by atoms with Crippen molar-refractivity contribution in [2.24, 2.45) is 0 Å². The van der Waals surface area contributed by atoms with Crippen LogP contribution in [0.5, 0.6) is 0 Å². The predicted molar refractivity (Wildman–Crippen MR) is 75.7 cm³/mol. The molecular formula is C14H18FN3O3. The molecule has 0 aliphatic carbocycles. The van der Waals surface area contributed by atoms with Crippen LogP contribution in [0.2, 0.25) is 0 Å². The lowest BCUT2D eigenvalue weighted by molar-refractivity contribution is -0.138. The summed E-state index contributed by atoms with van der Waals surface area (Å²) in [6, 6.07) is 5.42. The highest BCUT2D eigenvalue weighted by atomic mass is 19.1. The summed E-state index contributed by atoms with van der Waals surface area (Å²) in [7, 11) is 0. The molecule has 1 fully saturated rings. The van der Waals surface area contributed by atoms with Gasteiger partial charge in [-0.1, -0.05) is 6.07 Å². The fraction of sp³-hybridized carbons (Fsp3) is 0.429. The third-order valence-electron chi connectivity index (χ3n) is 3.31. The number of anilines is 1. The molecule has 0 radical (unpaired) electrons. The fourth-order valence-electron chi connectivity index (χ4n) is 2.29. The molecule has 21 heavy (non-hydrogen) atoms. The van der Waals surface area contributed by atoms with E-state index in [-0.39, 0.29) is 12.6 Å². The smallest absolute Gasteiger partial charge is 0.321 e. The van der Waals surface area contributed by atoms with E-state index in [9.17, 15) is 14.0 Å². The van der Waals surface area contributed by atoms with Gasteiger partial charge in [0.1, 0.15) is 5.82 Å². The molecule has 0 bridgehead atoms. The Kier molecular flexibility index (Phi) is 5.10. The first-order valence-electron chi connectivity index (χ1n) is 6.80. The van der Waals surface area contributed by atoms with Gasteiger partial charge in [0.25, 0.3) is 0 Å². The van der Waals surface area contributed by atoms with Gasteiger partial charge in [0.05, 0.1) is 6.54 Å². The van der Waals surface area contributed by atoms with Crippen molar-refractivity contribution in [3.63, 3.8) is 0 Å². The average molecular weight is 295 g/mol. The SMILES string of the molecule is O=C(O)CN1CCCN(C(=O)Nc2cccc(F)c2)CC1. The van der Waals surface area contributed by atoms with E-state index in [0.717, 1.165) is 0 Å². The van der Waals surface area contributed by atoms with Gasteiger partial charge in [-0.2, -0.15) is 0 Å². The second-order valence-corrected chi connectivity index (χ2v) is 4.95. The number of hydrogen-bond acceptors (Lipinski definition) is 3. The van der Waals surface area contributed by atoms with E-state index < -0.39 is 11.8 Å². The van der Waals surface area contributed by atoms with Crippen LogP contribution in [0.15, 0.2) is 24.3 Å². The summed E-state index contributed by atoms with van der Waals surface area (Å²) in [6.07, 6.45) is 0.712. The monoisotopic (exact) mass is 295 g/mol. The molecular weight excluding hydrogens is 277 g/mol. The lowest BCUT2D eigenvalue weighted by atomic mass is 10.3. The number of rotatable bonds is 3. The van der Waals surface area contributed by atoms with E-state index >= 15 is 0 Å². The Balaban J connectivity index is 1.89. The van der Waals surface area contributed by atoms with Crippen LogP contribution in [-0.4, -0.2) is 59.6 Å². The van der Waals surface area contributed by atoms with Gasteiger partial charge in [-0.25, -0.2) is 9.18 Å². The minimum Gasteiger partial charge on any atom is -0.480 e. The number of nitrogens with one attached hydrogen (secondary N) is 1. The van der Waals surface area contributed by atoms with Crippen molar-refractivity contribution in [3.8, 4) is 0 Å². The summed E-state index contributed by atoms with van der Waals surface area (Å²) in [4.78, 5) is 26.2. The summed E-state index contributed by atoms with van der Waals surface area (Å²) in [5, 5.41) is 11.4. The fourth-order valence-corrected chi connectivity index (χ4v) is 2.29. The molecule has 0 spiro atoms. The number of urea groups is 1. The summed E-state index contributed by atoms with van der Waals surface area (Å²) in [5.74, 6) is -1.27. The molecule has 2 amide bonds. The van der Waals surface area contributed by atoms with E-state index in [2.05, 4.69) is 5.32 Å². The van der Waals surface area contributed by atoms with Crippen LogP contribution < -0.4 is 5.32 Å². The van der Waals surface area contributed by atoms with Crippen molar-refractivity contribution < 1.29 is 19.1 Å². The summed E-state index contributed by atoms with van der Waals surface area (Å²) in [6.45, 7) is 2.16. The lowest BCUT2D eigenvalue weighted by Gasteiger charge is -2.21. The Morgan fingerprint density at radius 2 is 2.05 bits per heavy atom. The number of halogens is 1. The first kappa shape index (κ1) is 15.2. The van der Waals surface area contributed by atoms with Crippen molar-refractivity contribution in [1.82, 2.24) is 9.80 Å². The topological polar surface area (TPSA) is 72.9 Å². The van der Waals surface area contributed by atoms with Crippen molar-refractivity contribution >= 4 is 17.7 Å². The summed E-state index contributed by atoms with van der Waals surface area (Å²) >= 11 is 0. The number of carbonyl (C=O) groups is 2. The molecule has 1 heterocycles. The number of carboxylic acids is 1. The van der Waals surface area contributed by atoms with Gasteiger partial charge in [-0.3, -0.25) is 9.69 Å². The number of carbonyl (C=O) groups excluding carboxylic acids is 1. The normalized spacial score (nSPS) is 16.3. The van der Waals surface area contributed by atoms with Crippen LogP contribution in [-0.2, 0) is 4.79 Å². The van der Waals surface area contributed by atoms with E-state index in [0.29, 0.717) is 38.3 Å². The molecule has 0 atom stereocenters. The molecule has 7 heteroatoms. The molecule has 6 nitrogen and oxygen atoms in total. The quantitative estimate of drug-likeness (QED) is 0.885. The Morgan fingerprint density at radius 1 is 1.24 bits per heavy atom. The number of benzene rings is 1. The molecule has 1 aromatic rings. The number of nitrogens with zero attached hydrogens (tertiary/aromatic N) is 2. The minimum atomic E-state index is -0.868. The standard InChI is InChI=1S/C14H18FN3O3/c15-11-3-1-4-12(9-11)16-14(21)18-6-2-5-17(7-8-18)10-13(19)20/h1,3-4,9H,2,5-8,10H2,(H,16,21)(H,19,20). The highest BCUT2D eigenvalue weighted by Gasteiger charge is 2.20. The zero-order valence-electron chi connectivity index (χ0n) is 11.6. The van der Waals surface area contributed by atoms with Gasteiger partial charge in [0, 0.05) is 31.9 Å². The third kappa shape index (κ3) is 4.71. The Hall–Kier alpha value is -2.15. The van der Waals surface area contributed by atoms with Gasteiger partial charge < -0.3 is 15.3 Å². The summed E-state index contributed by atoms with van der Waals surface area (Å²) in [5.41, 5.74) is 0.409. The number of hydrogen-bond donors (Lipinski definition) is 2. The molecule has 114 valence electrons. The van der Waals surface area contributed by atoms with Crippen molar-refractivity contribution in [2.75, 3.05) is 38.0 Å². The Bertz CT molecular complexity index is 524. The van der Waals surface area contributed by atoms with Crippen LogP contribution in [0, 0.1) is 5.82 Å². The maximum absolute atomic E-state index is 13.1. The van der Waals surface area contributed by atoms with E-state index in [1.54, 1.807) is 15.9 Å². The zero-order valence-corrected chi connectivity index (χ0v) is 11.6. The van der Waals surface area contributed by atoms with Crippen LogP contribution in [0.4, 0.5) is 14.9 Å². The molecule has 1 aromatic carbocycles. The highest BCUT2D eigenvalue weighted by molar-refractivity contribution is 5.89. The molecule has 2 N–H and O–H groups in total. The maximum Gasteiger partial charge on any atom is 0.321 e. The molecule has 1 saturated heterocycles. The van der Waals surface area contributed by atoms with Crippen molar-refractivity contribution in [1.29, 1.82) is 0 Å². The maximum atomic E-state index is 13.1. The molecule has 1 aliphatic rings. The van der Waals surface area contributed by atoms with Crippen molar-refractivity contribution in [3.05, 3.63) is 30.1 Å². The predicted octanol–water partition coefficient (Wildman–Crippen LogP) is 1.45. The Morgan fingerprint density at radius 3 is 2.76 bits per heavy atom. The van der Waals surface area contributed by atoms with E-state index in [1.165, 1.54) is 18.2 Å².